The van der Waals surface area contributed by atoms with Crippen LogP contribution in [0.5, 0.6) is 5.75 Å². The van der Waals surface area contributed by atoms with Crippen molar-refractivity contribution in [2.45, 2.75) is 19.0 Å². The van der Waals surface area contributed by atoms with Crippen LogP contribution in [-0.4, -0.2) is 18.8 Å². The van der Waals surface area contributed by atoms with E-state index in [9.17, 15) is 18.0 Å². The maximum absolute atomic E-state index is 13.8. The molecule has 147 valence electrons. The summed E-state index contributed by atoms with van der Waals surface area (Å²) < 4.78 is 51.5. The summed E-state index contributed by atoms with van der Waals surface area (Å²) in [7, 11) is 0. The predicted octanol–water partition coefficient (Wildman–Crippen LogP) is 4.70. The van der Waals surface area contributed by atoms with Crippen LogP contribution in [0, 0.1) is 0 Å². The van der Waals surface area contributed by atoms with Gasteiger partial charge < -0.3 is 14.5 Å². The SMILES string of the molecule is CCOC(=O)C1=C(C(F)(F)F)Oc2ccccc2C1c1c[n-]c2ccccc12.[Y]. The average molecular weight is 475 g/mol. The quantitative estimate of drug-likeness (QED) is 0.516. The number of nitrogens with zero attached hydrogens (tertiary/aromatic N) is 1. The second kappa shape index (κ2) is 8.32. The number of ether oxygens (including phenoxy) is 2. The molecule has 4 rings (SSSR count). The molecular weight excluding hydrogens is 460 g/mol. The maximum atomic E-state index is 13.8. The Morgan fingerprint density at radius 1 is 1.10 bits per heavy atom. The number of carbonyl (C=O) groups excluding carboxylic acids is 1. The van der Waals surface area contributed by atoms with Crippen LogP contribution in [0.4, 0.5) is 13.2 Å². The molecule has 1 unspecified atom stereocenters. The van der Waals surface area contributed by atoms with Gasteiger partial charge in [-0.05, 0) is 18.4 Å². The summed E-state index contributed by atoms with van der Waals surface area (Å²) in [6.07, 6.45) is -3.35. The number of halogens is 3. The van der Waals surface area contributed by atoms with Crippen molar-refractivity contribution in [3.05, 3.63) is 77.2 Å². The van der Waals surface area contributed by atoms with Crippen molar-refractivity contribution in [2.75, 3.05) is 6.61 Å². The molecule has 0 fully saturated rings. The molecule has 2 heterocycles. The van der Waals surface area contributed by atoms with Crippen LogP contribution in [0.15, 0.2) is 66.1 Å². The first-order valence-corrected chi connectivity index (χ1v) is 8.67. The minimum Gasteiger partial charge on any atom is -0.663 e. The van der Waals surface area contributed by atoms with Gasteiger partial charge in [-0.3, -0.25) is 0 Å². The number of aromatic nitrogens is 1. The van der Waals surface area contributed by atoms with Gasteiger partial charge in [0.05, 0.1) is 12.2 Å². The Morgan fingerprint density at radius 2 is 1.79 bits per heavy atom. The fourth-order valence-electron chi connectivity index (χ4n) is 3.49. The summed E-state index contributed by atoms with van der Waals surface area (Å²) in [4.78, 5) is 16.9. The van der Waals surface area contributed by atoms with E-state index in [0.29, 0.717) is 22.0 Å². The molecule has 1 aromatic heterocycles. The first kappa shape index (κ1) is 21.6. The van der Waals surface area contributed by atoms with Crippen molar-refractivity contribution in [2.24, 2.45) is 0 Å². The number of hydrogen-bond donors (Lipinski definition) is 0. The molecule has 0 bridgehead atoms. The molecule has 29 heavy (non-hydrogen) atoms. The van der Waals surface area contributed by atoms with E-state index >= 15 is 0 Å². The Morgan fingerprint density at radius 3 is 2.52 bits per heavy atom. The van der Waals surface area contributed by atoms with Crippen LogP contribution < -0.4 is 9.72 Å². The fourth-order valence-corrected chi connectivity index (χ4v) is 3.49. The van der Waals surface area contributed by atoms with E-state index in [4.69, 9.17) is 9.47 Å². The predicted molar refractivity (Wildman–Crippen MR) is 95.9 cm³/mol. The topological polar surface area (TPSA) is 49.6 Å². The van der Waals surface area contributed by atoms with Crippen molar-refractivity contribution < 1.29 is 60.1 Å². The molecule has 2 aromatic carbocycles. The summed E-state index contributed by atoms with van der Waals surface area (Å²) in [6.45, 7) is 1.49. The van der Waals surface area contributed by atoms with Crippen LogP contribution in [0.2, 0.25) is 0 Å². The minimum absolute atomic E-state index is 0. The first-order chi connectivity index (χ1) is 13.4. The molecule has 0 amide bonds. The molecule has 3 aromatic rings. The van der Waals surface area contributed by atoms with Gasteiger partial charge in [0, 0.05) is 44.2 Å². The largest absolute Gasteiger partial charge is 0.663 e. The maximum Gasteiger partial charge on any atom is 0.450 e. The van der Waals surface area contributed by atoms with Gasteiger partial charge in [0.25, 0.3) is 0 Å². The molecule has 1 aliphatic rings. The van der Waals surface area contributed by atoms with Crippen LogP contribution in [0.1, 0.15) is 24.0 Å². The van der Waals surface area contributed by atoms with E-state index in [1.807, 2.05) is 0 Å². The van der Waals surface area contributed by atoms with Crippen LogP contribution in [0.25, 0.3) is 10.9 Å². The molecule has 1 radical (unpaired) electrons. The van der Waals surface area contributed by atoms with E-state index in [1.165, 1.54) is 19.2 Å². The van der Waals surface area contributed by atoms with Crippen molar-refractivity contribution in [1.29, 1.82) is 0 Å². The summed E-state index contributed by atoms with van der Waals surface area (Å²) >= 11 is 0. The molecule has 0 saturated carbocycles. The van der Waals surface area contributed by atoms with Crippen LogP contribution in [-0.2, 0) is 42.2 Å². The molecule has 8 heteroatoms. The van der Waals surface area contributed by atoms with E-state index in [-0.39, 0.29) is 45.1 Å². The third kappa shape index (κ3) is 3.86. The number of esters is 1. The number of carbonyl (C=O) groups is 1. The van der Waals surface area contributed by atoms with E-state index in [2.05, 4.69) is 4.98 Å². The van der Waals surface area contributed by atoms with E-state index < -0.39 is 29.4 Å². The monoisotopic (exact) mass is 475 g/mol. The molecule has 1 aliphatic heterocycles. The summed E-state index contributed by atoms with van der Waals surface area (Å²) in [5.41, 5.74) is 1.03. The van der Waals surface area contributed by atoms with Crippen molar-refractivity contribution >= 4 is 16.9 Å². The second-order valence-electron chi connectivity index (χ2n) is 6.26. The van der Waals surface area contributed by atoms with Gasteiger partial charge in [-0.1, -0.05) is 48.0 Å². The zero-order valence-electron chi connectivity index (χ0n) is 15.4. The number of allylic oxidation sites excluding steroid dienone is 1. The molecule has 1 atom stereocenters. The zero-order chi connectivity index (χ0) is 19.9. The Bertz CT molecular complexity index is 1090. The van der Waals surface area contributed by atoms with Gasteiger partial charge in [-0.15, -0.1) is 5.52 Å². The Hall–Kier alpha value is -2.12. The van der Waals surface area contributed by atoms with Crippen molar-refractivity contribution in [1.82, 2.24) is 4.98 Å². The van der Waals surface area contributed by atoms with Gasteiger partial charge in [0.15, 0.2) is 0 Å². The Balaban J connectivity index is 0.00000240. The minimum atomic E-state index is -4.86. The molecule has 0 saturated heterocycles. The molecule has 4 nitrogen and oxygen atoms in total. The van der Waals surface area contributed by atoms with Crippen molar-refractivity contribution in [3.8, 4) is 5.75 Å². The van der Waals surface area contributed by atoms with Crippen molar-refractivity contribution in [3.63, 3.8) is 0 Å². The summed E-state index contributed by atoms with van der Waals surface area (Å²) in [5.74, 6) is -3.36. The number of para-hydroxylation sites is 2. The number of benzene rings is 2. The van der Waals surface area contributed by atoms with E-state index in [1.54, 1.807) is 42.5 Å². The Kier molecular flexibility index (Phi) is 6.20. The third-order valence-corrected chi connectivity index (χ3v) is 4.60. The van der Waals surface area contributed by atoms with Crippen LogP contribution in [0.3, 0.4) is 0 Å². The molecule has 0 aliphatic carbocycles. The normalized spacial score (nSPS) is 16.1. The summed E-state index contributed by atoms with van der Waals surface area (Å²) in [6, 6.07) is 13.5. The number of alkyl halides is 3. The van der Waals surface area contributed by atoms with Gasteiger partial charge in [-0.2, -0.15) is 19.4 Å². The van der Waals surface area contributed by atoms with Gasteiger partial charge in [-0.25, -0.2) is 4.79 Å². The van der Waals surface area contributed by atoms with Gasteiger partial charge in [0.1, 0.15) is 5.75 Å². The van der Waals surface area contributed by atoms with Crippen LogP contribution >= 0.6 is 0 Å². The molecular formula is C21H15F3NO3Y-. The zero-order valence-corrected chi connectivity index (χ0v) is 18.2. The van der Waals surface area contributed by atoms with Gasteiger partial charge in [0.2, 0.25) is 5.76 Å². The molecule has 0 spiro atoms. The number of hydrogen-bond acceptors (Lipinski definition) is 3. The molecule has 0 N–H and O–H groups in total. The standard InChI is InChI=1S/C21H15F3NO3.Y/c1-2-27-20(26)18-17(14-11-25-15-9-5-3-7-12(14)15)13-8-4-6-10-16(13)28-19(18)21(22,23)24;/h3-11,17H,2H2,1H3;/q-1;. The summed E-state index contributed by atoms with van der Waals surface area (Å²) in [5, 5.41) is 0.674. The van der Waals surface area contributed by atoms with Gasteiger partial charge >= 0.3 is 12.1 Å². The number of fused-ring (bicyclic) bond motifs is 2. The van der Waals surface area contributed by atoms with E-state index in [0.717, 1.165) is 0 Å². The Labute approximate surface area is 190 Å². The number of rotatable bonds is 3. The second-order valence-corrected chi connectivity index (χ2v) is 6.26. The smallest absolute Gasteiger partial charge is 0.450 e. The average Bonchev–Trinajstić information content (AvgIpc) is 3.09. The first-order valence-electron chi connectivity index (χ1n) is 8.67. The fraction of sp³-hybridized carbons (Fsp3) is 0.190. The third-order valence-electron chi connectivity index (χ3n) is 4.60.